The molecule has 2 aromatic rings. The Kier molecular flexibility index (Phi) is 8.45. The molecule has 0 saturated carbocycles. The number of nitrogens with one attached hydrogen (secondary N) is 1. The number of hydrogen-bond acceptors (Lipinski definition) is 2. The maximum absolute atomic E-state index is 13.3. The van der Waals surface area contributed by atoms with Crippen LogP contribution in [0.15, 0.2) is 46.9 Å². The second-order valence-corrected chi connectivity index (χ2v) is 8.66. The van der Waals surface area contributed by atoms with Crippen LogP contribution in [0.1, 0.15) is 49.4 Å². The summed E-state index contributed by atoms with van der Waals surface area (Å²) in [6, 6.07) is 13.5. The van der Waals surface area contributed by atoms with Gasteiger partial charge in [0.05, 0.1) is 6.42 Å². The molecule has 0 unspecified atom stereocenters. The predicted octanol–water partition coefficient (Wildman–Crippen LogP) is 4.94. The van der Waals surface area contributed by atoms with Crippen molar-refractivity contribution in [3.05, 3.63) is 69.2 Å². The van der Waals surface area contributed by atoms with Crippen LogP contribution < -0.4 is 5.32 Å². The Bertz CT molecular complexity index is 848. The predicted molar refractivity (Wildman–Crippen MR) is 122 cm³/mol. The molecule has 29 heavy (non-hydrogen) atoms. The third-order valence-corrected chi connectivity index (χ3v) is 5.81. The Morgan fingerprint density at radius 3 is 2.34 bits per heavy atom. The Labute approximate surface area is 182 Å². The Morgan fingerprint density at radius 1 is 1.07 bits per heavy atom. The van der Waals surface area contributed by atoms with E-state index in [0.29, 0.717) is 6.54 Å². The second-order valence-electron chi connectivity index (χ2n) is 7.75. The van der Waals surface area contributed by atoms with E-state index >= 15 is 0 Å². The van der Waals surface area contributed by atoms with E-state index in [9.17, 15) is 9.59 Å². The zero-order valence-corrected chi connectivity index (χ0v) is 19.5. The Hall–Kier alpha value is -2.14. The van der Waals surface area contributed by atoms with Gasteiger partial charge in [-0.3, -0.25) is 9.59 Å². The van der Waals surface area contributed by atoms with Crippen molar-refractivity contribution in [2.75, 3.05) is 0 Å². The van der Waals surface area contributed by atoms with Crippen molar-refractivity contribution in [2.24, 2.45) is 0 Å². The van der Waals surface area contributed by atoms with E-state index in [0.717, 1.165) is 33.1 Å². The largest absolute Gasteiger partial charge is 0.352 e. The molecular weight excluding hydrogens is 428 g/mol. The summed E-state index contributed by atoms with van der Waals surface area (Å²) in [6.07, 6.45) is 1.13. The molecule has 0 aliphatic rings. The minimum Gasteiger partial charge on any atom is -0.352 e. The van der Waals surface area contributed by atoms with Gasteiger partial charge in [-0.1, -0.05) is 58.7 Å². The summed E-state index contributed by atoms with van der Waals surface area (Å²) < 4.78 is 0.983. The van der Waals surface area contributed by atoms with Crippen LogP contribution in [0.2, 0.25) is 0 Å². The van der Waals surface area contributed by atoms with Gasteiger partial charge in [-0.2, -0.15) is 0 Å². The smallest absolute Gasteiger partial charge is 0.242 e. The van der Waals surface area contributed by atoms with Crippen LogP contribution in [0.4, 0.5) is 0 Å². The molecule has 0 aliphatic heterocycles. The Morgan fingerprint density at radius 2 is 1.72 bits per heavy atom. The highest BCUT2D eigenvalue weighted by Crippen LogP contribution is 2.17. The number of halogens is 1. The van der Waals surface area contributed by atoms with Gasteiger partial charge in [-0.15, -0.1) is 0 Å². The fraction of sp³-hybridized carbons (Fsp3) is 0.417. The zero-order valence-electron chi connectivity index (χ0n) is 18.0. The van der Waals surface area contributed by atoms with Gasteiger partial charge in [-0.05, 0) is 62.9 Å². The molecule has 0 aliphatic carbocycles. The first-order valence-electron chi connectivity index (χ1n) is 10.1. The molecule has 0 radical (unpaired) electrons. The lowest BCUT2D eigenvalue weighted by atomic mass is 10.0. The highest BCUT2D eigenvalue weighted by Gasteiger charge is 2.27. The molecule has 4 nitrogen and oxygen atoms in total. The van der Waals surface area contributed by atoms with Crippen molar-refractivity contribution in [3.8, 4) is 0 Å². The molecule has 2 amide bonds. The minimum absolute atomic E-state index is 0.0478. The molecule has 0 spiro atoms. The first-order valence-corrected chi connectivity index (χ1v) is 10.9. The van der Waals surface area contributed by atoms with E-state index in [1.54, 1.807) is 11.8 Å². The monoisotopic (exact) mass is 458 g/mol. The average Bonchev–Trinajstić information content (AvgIpc) is 2.69. The number of benzene rings is 2. The summed E-state index contributed by atoms with van der Waals surface area (Å²) in [5.41, 5.74) is 4.21. The lowest BCUT2D eigenvalue weighted by Gasteiger charge is -2.30. The van der Waals surface area contributed by atoms with E-state index in [4.69, 9.17) is 0 Å². The fourth-order valence-corrected chi connectivity index (χ4v) is 3.35. The number of rotatable bonds is 8. The molecule has 0 aromatic heterocycles. The quantitative estimate of drug-likeness (QED) is 0.608. The van der Waals surface area contributed by atoms with Crippen molar-refractivity contribution in [1.82, 2.24) is 10.2 Å². The molecule has 2 atom stereocenters. The van der Waals surface area contributed by atoms with E-state index < -0.39 is 6.04 Å². The van der Waals surface area contributed by atoms with Crippen molar-refractivity contribution in [1.29, 1.82) is 0 Å². The molecule has 0 heterocycles. The van der Waals surface area contributed by atoms with Gasteiger partial charge in [0.2, 0.25) is 11.8 Å². The van der Waals surface area contributed by atoms with Crippen molar-refractivity contribution in [2.45, 2.75) is 66.1 Å². The van der Waals surface area contributed by atoms with Crippen LogP contribution in [0.3, 0.4) is 0 Å². The summed E-state index contributed by atoms with van der Waals surface area (Å²) in [5.74, 6) is -0.167. The molecule has 1 N–H and O–H groups in total. The average molecular weight is 459 g/mol. The van der Waals surface area contributed by atoms with Gasteiger partial charge in [0.1, 0.15) is 6.04 Å². The van der Waals surface area contributed by atoms with Crippen molar-refractivity contribution >= 4 is 27.7 Å². The first-order chi connectivity index (χ1) is 13.7. The van der Waals surface area contributed by atoms with Crippen LogP contribution in [0, 0.1) is 13.8 Å². The number of amides is 2. The van der Waals surface area contributed by atoms with E-state index in [1.807, 2.05) is 64.1 Å². The molecule has 0 fully saturated rings. The van der Waals surface area contributed by atoms with Crippen LogP contribution in [0.5, 0.6) is 0 Å². The number of carbonyl (C=O) groups excluding carboxylic acids is 2. The van der Waals surface area contributed by atoms with Gasteiger partial charge in [0, 0.05) is 17.1 Å². The van der Waals surface area contributed by atoms with E-state index in [1.165, 1.54) is 0 Å². The number of nitrogens with zero attached hydrogens (tertiary/aromatic N) is 1. The number of aryl methyl sites for hydroxylation is 2. The zero-order chi connectivity index (χ0) is 21.6. The molecular formula is C24H31BrN2O2. The van der Waals surface area contributed by atoms with Gasteiger partial charge in [0.25, 0.3) is 0 Å². The fourth-order valence-electron chi connectivity index (χ4n) is 3.09. The molecule has 2 rings (SSSR count). The van der Waals surface area contributed by atoms with E-state index in [-0.39, 0.29) is 24.3 Å². The van der Waals surface area contributed by atoms with Crippen molar-refractivity contribution < 1.29 is 9.59 Å². The normalized spacial score (nSPS) is 12.9. The summed E-state index contributed by atoms with van der Waals surface area (Å²) in [4.78, 5) is 27.7. The second kappa shape index (κ2) is 10.6. The Balaban J connectivity index is 2.26. The standard InChI is InChI=1S/C24H31BrN2O2/c1-6-18(4)26-24(29)19(5)27(15-20-9-11-22(25)12-10-20)23(28)14-21-13-16(2)7-8-17(21)3/h7-13,18-19H,6,14-15H2,1-5H3,(H,26,29)/t18-,19-/m0/s1. The maximum Gasteiger partial charge on any atom is 0.242 e. The van der Waals surface area contributed by atoms with Gasteiger partial charge in [0.15, 0.2) is 0 Å². The van der Waals surface area contributed by atoms with Gasteiger partial charge in [-0.25, -0.2) is 0 Å². The molecule has 2 aromatic carbocycles. The maximum atomic E-state index is 13.3. The molecule has 0 saturated heterocycles. The van der Waals surface area contributed by atoms with Crippen LogP contribution in [-0.2, 0) is 22.6 Å². The molecule has 156 valence electrons. The van der Waals surface area contributed by atoms with Crippen LogP contribution in [0.25, 0.3) is 0 Å². The SMILES string of the molecule is CC[C@H](C)NC(=O)[C@H](C)N(Cc1ccc(Br)cc1)C(=O)Cc1cc(C)ccc1C. The lowest BCUT2D eigenvalue weighted by Crippen LogP contribution is -2.49. The van der Waals surface area contributed by atoms with Crippen LogP contribution >= 0.6 is 15.9 Å². The van der Waals surface area contributed by atoms with Crippen LogP contribution in [-0.4, -0.2) is 28.8 Å². The third-order valence-electron chi connectivity index (χ3n) is 5.28. The number of carbonyl (C=O) groups is 2. The summed E-state index contributed by atoms with van der Waals surface area (Å²) in [7, 11) is 0. The van der Waals surface area contributed by atoms with E-state index in [2.05, 4.69) is 27.3 Å². The van der Waals surface area contributed by atoms with Gasteiger partial charge < -0.3 is 10.2 Å². The first kappa shape index (κ1) is 23.1. The summed E-state index contributed by atoms with van der Waals surface area (Å²) >= 11 is 3.44. The van der Waals surface area contributed by atoms with Gasteiger partial charge >= 0.3 is 0 Å². The lowest BCUT2D eigenvalue weighted by molar-refractivity contribution is -0.140. The topological polar surface area (TPSA) is 49.4 Å². The summed E-state index contributed by atoms with van der Waals surface area (Å²) in [5, 5.41) is 3.00. The molecule has 5 heteroatoms. The molecule has 0 bridgehead atoms. The number of hydrogen-bond donors (Lipinski definition) is 1. The highest BCUT2D eigenvalue weighted by molar-refractivity contribution is 9.10. The van der Waals surface area contributed by atoms with Crippen molar-refractivity contribution in [3.63, 3.8) is 0 Å². The highest BCUT2D eigenvalue weighted by atomic mass is 79.9. The summed E-state index contributed by atoms with van der Waals surface area (Å²) in [6.45, 7) is 10.2. The third kappa shape index (κ3) is 6.70. The minimum atomic E-state index is -0.551.